The number of benzene rings is 2. The van der Waals surface area contributed by atoms with Crippen LogP contribution in [0.2, 0.25) is 5.02 Å². The van der Waals surface area contributed by atoms with Crippen LogP contribution in [0.5, 0.6) is 0 Å². The van der Waals surface area contributed by atoms with Crippen LogP contribution in [0.3, 0.4) is 0 Å². The molecule has 5 rings (SSSR count). The van der Waals surface area contributed by atoms with Gasteiger partial charge in [0.05, 0.1) is 18.8 Å². The van der Waals surface area contributed by atoms with Crippen LogP contribution in [0.25, 0.3) is 11.3 Å². The molecule has 150 valence electrons. The molecule has 0 unspecified atom stereocenters. The van der Waals surface area contributed by atoms with E-state index in [9.17, 15) is 4.79 Å². The van der Waals surface area contributed by atoms with E-state index in [4.69, 9.17) is 21.1 Å². The number of anilines is 2. The third-order valence-electron chi connectivity index (χ3n) is 5.54. The number of halogens is 1. The summed E-state index contributed by atoms with van der Waals surface area (Å²) in [6.45, 7) is 5.93. The Morgan fingerprint density at radius 2 is 1.97 bits per heavy atom. The molecule has 0 spiro atoms. The first-order valence-electron chi connectivity index (χ1n) is 9.85. The molecule has 1 saturated heterocycles. The number of nitrogens with one attached hydrogen (secondary N) is 2. The van der Waals surface area contributed by atoms with Gasteiger partial charge in [-0.3, -0.25) is 9.69 Å². The van der Waals surface area contributed by atoms with Crippen molar-refractivity contribution in [3.63, 3.8) is 0 Å². The second-order valence-electron chi connectivity index (χ2n) is 7.39. The summed E-state index contributed by atoms with van der Waals surface area (Å²) in [5.41, 5.74) is 5.20. The predicted molar refractivity (Wildman–Crippen MR) is 114 cm³/mol. The minimum atomic E-state index is -0.155. The molecule has 0 aromatic heterocycles. The SMILES string of the molecule is O=C1Nc2ccc(Cl)cc2/C1=C1\OCc2cc(NCCN3CCOCC3)ccc21. The van der Waals surface area contributed by atoms with Crippen LogP contribution < -0.4 is 10.6 Å². The minimum Gasteiger partial charge on any atom is -0.487 e. The number of hydrogen-bond acceptors (Lipinski definition) is 5. The van der Waals surface area contributed by atoms with E-state index in [-0.39, 0.29) is 5.91 Å². The lowest BCUT2D eigenvalue weighted by molar-refractivity contribution is -0.110. The normalized spacial score (nSPS) is 20.8. The highest BCUT2D eigenvalue weighted by atomic mass is 35.5. The molecule has 1 fully saturated rings. The maximum Gasteiger partial charge on any atom is 0.260 e. The quantitative estimate of drug-likeness (QED) is 0.755. The van der Waals surface area contributed by atoms with Crippen molar-refractivity contribution in [3.8, 4) is 0 Å². The van der Waals surface area contributed by atoms with Crippen LogP contribution in [-0.4, -0.2) is 50.2 Å². The second kappa shape index (κ2) is 7.71. The minimum absolute atomic E-state index is 0.155. The van der Waals surface area contributed by atoms with Gasteiger partial charge in [-0.2, -0.15) is 0 Å². The summed E-state index contributed by atoms with van der Waals surface area (Å²) < 4.78 is 11.3. The summed E-state index contributed by atoms with van der Waals surface area (Å²) in [6.07, 6.45) is 0. The number of carbonyl (C=O) groups excluding carboxylic acids is 1. The number of amides is 1. The Morgan fingerprint density at radius 3 is 2.83 bits per heavy atom. The van der Waals surface area contributed by atoms with E-state index in [1.165, 1.54) is 0 Å². The number of morpholine rings is 1. The average molecular weight is 412 g/mol. The van der Waals surface area contributed by atoms with Gasteiger partial charge in [0, 0.05) is 59.3 Å². The Balaban J connectivity index is 1.35. The zero-order valence-corrected chi connectivity index (χ0v) is 16.7. The van der Waals surface area contributed by atoms with Gasteiger partial charge in [0.2, 0.25) is 0 Å². The molecule has 2 aromatic carbocycles. The molecule has 3 heterocycles. The molecular formula is C22H22ClN3O3. The Morgan fingerprint density at radius 1 is 1.10 bits per heavy atom. The third kappa shape index (κ3) is 3.59. The molecule has 2 aromatic rings. The number of nitrogens with zero attached hydrogens (tertiary/aromatic N) is 1. The Hall–Kier alpha value is -2.54. The van der Waals surface area contributed by atoms with Crippen molar-refractivity contribution >= 4 is 40.2 Å². The fourth-order valence-electron chi connectivity index (χ4n) is 4.03. The third-order valence-corrected chi connectivity index (χ3v) is 5.77. The van der Waals surface area contributed by atoms with E-state index in [0.717, 1.165) is 67.5 Å². The molecule has 0 aliphatic carbocycles. The highest BCUT2D eigenvalue weighted by molar-refractivity contribution is 6.38. The average Bonchev–Trinajstić information content (AvgIpc) is 3.28. The molecule has 29 heavy (non-hydrogen) atoms. The number of fused-ring (bicyclic) bond motifs is 2. The molecule has 0 bridgehead atoms. The van der Waals surface area contributed by atoms with Gasteiger partial charge in [0.1, 0.15) is 12.4 Å². The van der Waals surface area contributed by atoms with Crippen molar-refractivity contribution in [1.29, 1.82) is 0 Å². The Bertz CT molecular complexity index is 999. The number of ether oxygens (including phenoxy) is 2. The first kappa shape index (κ1) is 18.5. The van der Waals surface area contributed by atoms with Crippen LogP contribution in [0, 0.1) is 0 Å². The summed E-state index contributed by atoms with van der Waals surface area (Å²) in [6, 6.07) is 11.6. The fraction of sp³-hybridized carbons (Fsp3) is 0.318. The molecule has 0 saturated carbocycles. The monoisotopic (exact) mass is 411 g/mol. The van der Waals surface area contributed by atoms with Crippen LogP contribution in [0.15, 0.2) is 36.4 Å². The summed E-state index contributed by atoms with van der Waals surface area (Å²) >= 11 is 6.15. The van der Waals surface area contributed by atoms with Crippen molar-refractivity contribution in [2.75, 3.05) is 50.0 Å². The van der Waals surface area contributed by atoms with Crippen LogP contribution in [0.4, 0.5) is 11.4 Å². The maximum atomic E-state index is 12.6. The van der Waals surface area contributed by atoms with Gasteiger partial charge in [-0.25, -0.2) is 0 Å². The zero-order chi connectivity index (χ0) is 19.8. The fourth-order valence-corrected chi connectivity index (χ4v) is 4.20. The van der Waals surface area contributed by atoms with Crippen LogP contribution >= 0.6 is 11.6 Å². The van der Waals surface area contributed by atoms with E-state index < -0.39 is 0 Å². The van der Waals surface area contributed by atoms with Crippen molar-refractivity contribution in [1.82, 2.24) is 4.90 Å². The van der Waals surface area contributed by atoms with Gasteiger partial charge < -0.3 is 20.1 Å². The number of hydrogen-bond donors (Lipinski definition) is 2. The lowest BCUT2D eigenvalue weighted by Gasteiger charge is -2.26. The van der Waals surface area contributed by atoms with Crippen molar-refractivity contribution < 1.29 is 14.3 Å². The first-order valence-corrected chi connectivity index (χ1v) is 10.2. The van der Waals surface area contributed by atoms with Gasteiger partial charge in [-0.1, -0.05) is 11.6 Å². The first-order chi connectivity index (χ1) is 14.2. The summed E-state index contributed by atoms with van der Waals surface area (Å²) in [7, 11) is 0. The lowest BCUT2D eigenvalue weighted by Crippen LogP contribution is -2.39. The maximum absolute atomic E-state index is 12.6. The van der Waals surface area contributed by atoms with E-state index in [1.807, 2.05) is 18.2 Å². The lowest BCUT2D eigenvalue weighted by atomic mass is 10.00. The largest absolute Gasteiger partial charge is 0.487 e. The van der Waals surface area contributed by atoms with Gasteiger partial charge >= 0.3 is 0 Å². The smallest absolute Gasteiger partial charge is 0.260 e. The van der Waals surface area contributed by atoms with Crippen LogP contribution in [-0.2, 0) is 20.9 Å². The van der Waals surface area contributed by atoms with Crippen molar-refractivity contribution in [2.24, 2.45) is 0 Å². The predicted octanol–water partition coefficient (Wildman–Crippen LogP) is 3.43. The number of carbonyl (C=O) groups is 1. The topological polar surface area (TPSA) is 62.8 Å². The Labute approximate surface area is 174 Å². The molecule has 6 nitrogen and oxygen atoms in total. The molecule has 2 N–H and O–H groups in total. The van der Waals surface area contributed by atoms with E-state index >= 15 is 0 Å². The van der Waals surface area contributed by atoms with Crippen molar-refractivity contribution in [2.45, 2.75) is 6.61 Å². The molecule has 7 heteroatoms. The second-order valence-corrected chi connectivity index (χ2v) is 7.83. The standard InChI is InChI=1S/C22H22ClN3O3/c23-15-1-4-19-18(12-15)20(22(27)25-19)21-17-3-2-16(11-14(17)13-29-21)24-5-6-26-7-9-28-10-8-26/h1-4,11-12,24H,5-10,13H2,(H,25,27)/b21-20+. The number of rotatable bonds is 4. The molecule has 1 amide bonds. The molecular weight excluding hydrogens is 390 g/mol. The summed E-state index contributed by atoms with van der Waals surface area (Å²) in [5, 5.41) is 6.97. The van der Waals surface area contributed by atoms with E-state index in [2.05, 4.69) is 21.6 Å². The highest BCUT2D eigenvalue weighted by Crippen LogP contribution is 2.42. The molecule has 0 radical (unpaired) electrons. The van der Waals surface area contributed by atoms with E-state index in [0.29, 0.717) is 23.0 Å². The zero-order valence-electron chi connectivity index (χ0n) is 16.0. The Kier molecular flexibility index (Phi) is 4.91. The summed E-state index contributed by atoms with van der Waals surface area (Å²) in [4.78, 5) is 15.0. The van der Waals surface area contributed by atoms with Gasteiger partial charge in [-0.05, 0) is 36.4 Å². The van der Waals surface area contributed by atoms with Crippen LogP contribution in [0.1, 0.15) is 16.7 Å². The molecule has 3 aliphatic heterocycles. The highest BCUT2D eigenvalue weighted by Gasteiger charge is 2.32. The summed E-state index contributed by atoms with van der Waals surface area (Å²) in [5.74, 6) is 0.469. The molecule has 0 atom stereocenters. The van der Waals surface area contributed by atoms with Gasteiger partial charge in [0.25, 0.3) is 5.91 Å². The van der Waals surface area contributed by atoms with Gasteiger partial charge in [0.15, 0.2) is 0 Å². The van der Waals surface area contributed by atoms with Gasteiger partial charge in [-0.15, -0.1) is 0 Å². The molecule has 3 aliphatic rings. The van der Waals surface area contributed by atoms with E-state index in [1.54, 1.807) is 12.1 Å². The van der Waals surface area contributed by atoms with Crippen molar-refractivity contribution in [3.05, 3.63) is 58.1 Å².